The molecule has 0 amide bonds. The lowest BCUT2D eigenvalue weighted by Crippen LogP contribution is -2.40. The molecule has 0 aliphatic carbocycles. The van der Waals surface area contributed by atoms with Crippen LogP contribution in [0.25, 0.3) is 0 Å². The summed E-state index contributed by atoms with van der Waals surface area (Å²) in [7, 11) is 0. The second kappa shape index (κ2) is 7.20. The summed E-state index contributed by atoms with van der Waals surface area (Å²) in [5, 5.41) is 8.87. The van der Waals surface area contributed by atoms with E-state index < -0.39 is 0 Å². The first-order chi connectivity index (χ1) is 7.33. The van der Waals surface area contributed by atoms with Crippen molar-refractivity contribution in [2.45, 2.75) is 57.5 Å². The molecule has 3 heteroatoms. The van der Waals surface area contributed by atoms with Gasteiger partial charge in [0, 0.05) is 18.7 Å². The number of likely N-dealkylation sites (tertiary alicyclic amines) is 1. The van der Waals surface area contributed by atoms with Gasteiger partial charge in [-0.25, -0.2) is 0 Å². The Morgan fingerprint density at radius 2 is 2.33 bits per heavy atom. The molecule has 3 N–H and O–H groups in total. The highest BCUT2D eigenvalue weighted by molar-refractivity contribution is 4.84. The third-order valence-corrected chi connectivity index (χ3v) is 3.56. The van der Waals surface area contributed by atoms with Crippen LogP contribution in [0, 0.1) is 0 Å². The second-order valence-corrected chi connectivity index (χ2v) is 4.54. The zero-order chi connectivity index (χ0) is 11.1. The summed E-state index contributed by atoms with van der Waals surface area (Å²) in [5.74, 6) is 0. The maximum absolute atomic E-state index is 8.87. The van der Waals surface area contributed by atoms with Crippen LogP contribution in [0.3, 0.4) is 0 Å². The van der Waals surface area contributed by atoms with Crippen LogP contribution in [0.4, 0.5) is 0 Å². The molecule has 1 saturated heterocycles. The van der Waals surface area contributed by atoms with Crippen LogP contribution in [-0.2, 0) is 0 Å². The number of hydrogen-bond donors (Lipinski definition) is 2. The summed E-state index contributed by atoms with van der Waals surface area (Å²) in [6.07, 6.45) is 7.04. The topological polar surface area (TPSA) is 49.5 Å². The molecule has 90 valence electrons. The van der Waals surface area contributed by atoms with E-state index in [1.807, 2.05) is 0 Å². The van der Waals surface area contributed by atoms with E-state index in [2.05, 4.69) is 11.8 Å². The fraction of sp³-hybridized carbons (Fsp3) is 1.00. The van der Waals surface area contributed by atoms with Gasteiger partial charge in [-0.2, -0.15) is 0 Å². The standard InChI is InChI=1S/C12H26N2O/c1-2-11(7-8-13)14-9-3-5-12(14)6-4-10-15/h11-12,15H,2-10,13H2,1H3. The lowest BCUT2D eigenvalue weighted by molar-refractivity contribution is 0.151. The highest BCUT2D eigenvalue weighted by atomic mass is 16.2. The highest BCUT2D eigenvalue weighted by Gasteiger charge is 2.28. The first-order valence-corrected chi connectivity index (χ1v) is 6.40. The molecule has 1 aliphatic heterocycles. The van der Waals surface area contributed by atoms with E-state index >= 15 is 0 Å². The Balaban J connectivity index is 2.42. The van der Waals surface area contributed by atoms with Crippen molar-refractivity contribution in [1.29, 1.82) is 0 Å². The largest absolute Gasteiger partial charge is 0.396 e. The van der Waals surface area contributed by atoms with Gasteiger partial charge in [-0.05, 0) is 51.6 Å². The lowest BCUT2D eigenvalue weighted by atomic mass is 10.0. The number of hydrogen-bond acceptors (Lipinski definition) is 3. The second-order valence-electron chi connectivity index (χ2n) is 4.54. The quantitative estimate of drug-likeness (QED) is 0.672. The minimum Gasteiger partial charge on any atom is -0.396 e. The molecule has 0 aromatic heterocycles. The smallest absolute Gasteiger partial charge is 0.0431 e. The predicted molar refractivity (Wildman–Crippen MR) is 63.8 cm³/mol. The monoisotopic (exact) mass is 214 g/mol. The number of aliphatic hydroxyl groups excluding tert-OH is 1. The van der Waals surface area contributed by atoms with Crippen molar-refractivity contribution in [3.8, 4) is 0 Å². The van der Waals surface area contributed by atoms with Gasteiger partial charge in [0.2, 0.25) is 0 Å². The Hall–Kier alpha value is -0.120. The highest BCUT2D eigenvalue weighted by Crippen LogP contribution is 2.25. The molecule has 2 unspecified atom stereocenters. The van der Waals surface area contributed by atoms with Crippen molar-refractivity contribution < 1.29 is 5.11 Å². The van der Waals surface area contributed by atoms with Gasteiger partial charge in [-0.15, -0.1) is 0 Å². The van der Waals surface area contributed by atoms with Crippen LogP contribution >= 0.6 is 0 Å². The zero-order valence-electron chi connectivity index (χ0n) is 9.99. The number of nitrogens with zero attached hydrogens (tertiary/aromatic N) is 1. The number of rotatable bonds is 7. The summed E-state index contributed by atoms with van der Waals surface area (Å²) < 4.78 is 0. The molecule has 0 aromatic rings. The van der Waals surface area contributed by atoms with Crippen molar-refractivity contribution in [1.82, 2.24) is 4.90 Å². The summed E-state index contributed by atoms with van der Waals surface area (Å²) in [6.45, 7) is 4.61. The normalized spacial score (nSPS) is 24.6. The zero-order valence-corrected chi connectivity index (χ0v) is 9.99. The molecule has 3 nitrogen and oxygen atoms in total. The molecule has 2 atom stereocenters. The number of aliphatic hydroxyl groups is 1. The Kier molecular flexibility index (Phi) is 6.22. The SMILES string of the molecule is CCC(CCN)N1CCCC1CCCO. The molecule has 0 saturated carbocycles. The van der Waals surface area contributed by atoms with Crippen molar-refractivity contribution in [3.05, 3.63) is 0 Å². The molecule has 0 bridgehead atoms. The molecular formula is C12H26N2O. The van der Waals surface area contributed by atoms with E-state index in [0.717, 1.165) is 25.8 Å². The van der Waals surface area contributed by atoms with Crippen molar-refractivity contribution in [2.24, 2.45) is 5.73 Å². The summed E-state index contributed by atoms with van der Waals surface area (Å²) >= 11 is 0. The first kappa shape index (κ1) is 12.9. The van der Waals surface area contributed by atoms with Crippen LogP contribution in [0.15, 0.2) is 0 Å². The molecule has 1 fully saturated rings. The molecule has 15 heavy (non-hydrogen) atoms. The van der Waals surface area contributed by atoms with Gasteiger partial charge in [0.15, 0.2) is 0 Å². The van der Waals surface area contributed by atoms with Crippen LogP contribution < -0.4 is 5.73 Å². The van der Waals surface area contributed by atoms with Gasteiger partial charge in [-0.3, -0.25) is 4.90 Å². The van der Waals surface area contributed by atoms with Gasteiger partial charge in [0.25, 0.3) is 0 Å². The molecule has 1 aliphatic rings. The minimum absolute atomic E-state index is 0.331. The maximum Gasteiger partial charge on any atom is 0.0431 e. The fourth-order valence-corrected chi connectivity index (χ4v) is 2.77. The molecule has 0 aromatic carbocycles. The average molecular weight is 214 g/mol. The van der Waals surface area contributed by atoms with E-state index in [1.54, 1.807) is 0 Å². The lowest BCUT2D eigenvalue weighted by Gasteiger charge is -2.32. The Labute approximate surface area is 93.6 Å². The van der Waals surface area contributed by atoms with Crippen molar-refractivity contribution in [2.75, 3.05) is 19.7 Å². The van der Waals surface area contributed by atoms with Crippen molar-refractivity contribution in [3.63, 3.8) is 0 Å². The van der Waals surface area contributed by atoms with Crippen molar-refractivity contribution >= 4 is 0 Å². The van der Waals surface area contributed by atoms with Gasteiger partial charge in [-0.1, -0.05) is 6.92 Å². The van der Waals surface area contributed by atoms with E-state index in [9.17, 15) is 0 Å². The summed E-state index contributed by atoms with van der Waals surface area (Å²) in [5.41, 5.74) is 5.65. The minimum atomic E-state index is 0.331. The molecule has 0 radical (unpaired) electrons. The van der Waals surface area contributed by atoms with Gasteiger partial charge in [0.05, 0.1) is 0 Å². The van der Waals surface area contributed by atoms with Crippen LogP contribution in [0.1, 0.15) is 45.4 Å². The third-order valence-electron chi connectivity index (χ3n) is 3.56. The first-order valence-electron chi connectivity index (χ1n) is 6.40. The Morgan fingerprint density at radius 1 is 1.53 bits per heavy atom. The van der Waals surface area contributed by atoms with Gasteiger partial charge >= 0.3 is 0 Å². The van der Waals surface area contributed by atoms with E-state index in [0.29, 0.717) is 18.7 Å². The van der Waals surface area contributed by atoms with Crippen LogP contribution in [0.2, 0.25) is 0 Å². The van der Waals surface area contributed by atoms with Crippen LogP contribution in [0.5, 0.6) is 0 Å². The third kappa shape index (κ3) is 3.74. The van der Waals surface area contributed by atoms with E-state index in [1.165, 1.54) is 25.8 Å². The average Bonchev–Trinajstić information content (AvgIpc) is 2.71. The number of nitrogens with two attached hydrogens (primary N) is 1. The van der Waals surface area contributed by atoms with Gasteiger partial charge in [0.1, 0.15) is 0 Å². The Bertz CT molecular complexity index is 164. The molecule has 0 spiro atoms. The summed E-state index contributed by atoms with van der Waals surface area (Å²) in [6, 6.07) is 1.37. The van der Waals surface area contributed by atoms with Gasteiger partial charge < -0.3 is 10.8 Å². The van der Waals surface area contributed by atoms with E-state index in [-0.39, 0.29) is 0 Å². The fourth-order valence-electron chi connectivity index (χ4n) is 2.77. The molecular weight excluding hydrogens is 188 g/mol. The summed E-state index contributed by atoms with van der Waals surface area (Å²) in [4.78, 5) is 2.63. The molecule has 1 heterocycles. The Morgan fingerprint density at radius 3 is 2.93 bits per heavy atom. The van der Waals surface area contributed by atoms with E-state index in [4.69, 9.17) is 10.8 Å². The predicted octanol–water partition coefficient (Wildman–Crippen LogP) is 1.35. The van der Waals surface area contributed by atoms with Crippen LogP contribution in [-0.4, -0.2) is 41.8 Å². The maximum atomic E-state index is 8.87. The molecule has 1 rings (SSSR count).